The second kappa shape index (κ2) is 14.8. The van der Waals surface area contributed by atoms with E-state index < -0.39 is 10.0 Å². The van der Waals surface area contributed by atoms with Crippen LogP contribution in [-0.4, -0.2) is 66.6 Å². The fourth-order valence-corrected chi connectivity index (χ4v) is 6.77. The van der Waals surface area contributed by atoms with Crippen molar-refractivity contribution in [3.8, 4) is 0 Å². The molecule has 0 saturated carbocycles. The Hall–Kier alpha value is -3.53. The number of piperidine rings is 1. The van der Waals surface area contributed by atoms with Gasteiger partial charge in [0.25, 0.3) is 0 Å². The summed E-state index contributed by atoms with van der Waals surface area (Å²) in [7, 11) is -3.98. The normalized spacial score (nSPS) is 14.5. The van der Waals surface area contributed by atoms with Crippen LogP contribution in [0.15, 0.2) is 89.8 Å². The molecule has 0 radical (unpaired) electrons. The van der Waals surface area contributed by atoms with Gasteiger partial charge in [-0.1, -0.05) is 67.9 Å². The summed E-state index contributed by atoms with van der Waals surface area (Å²) in [5.41, 5.74) is 1.66. The summed E-state index contributed by atoms with van der Waals surface area (Å²) in [4.78, 5) is 30.3. The average Bonchev–Trinajstić information content (AvgIpc) is 3.00. The Labute approximate surface area is 258 Å². The van der Waals surface area contributed by atoms with Crippen molar-refractivity contribution in [3.63, 3.8) is 0 Å². The van der Waals surface area contributed by atoms with Crippen LogP contribution in [0.4, 0.5) is 4.39 Å². The Bertz CT molecular complexity index is 1510. The number of hydrogen-bond acceptors (Lipinski definition) is 4. The van der Waals surface area contributed by atoms with E-state index in [0.29, 0.717) is 31.0 Å². The molecule has 4 rings (SSSR count). The summed E-state index contributed by atoms with van der Waals surface area (Å²) in [6.07, 6.45) is 4.41. The van der Waals surface area contributed by atoms with Crippen LogP contribution >= 0.6 is 11.6 Å². The number of halogens is 2. The van der Waals surface area contributed by atoms with E-state index in [4.69, 9.17) is 11.6 Å². The number of benzene rings is 3. The largest absolute Gasteiger partial charge is 0.339 e. The zero-order valence-corrected chi connectivity index (χ0v) is 26.0. The number of likely N-dealkylation sites (tertiary alicyclic amines) is 1. The van der Waals surface area contributed by atoms with Crippen LogP contribution in [0.25, 0.3) is 6.08 Å². The van der Waals surface area contributed by atoms with Gasteiger partial charge in [0.15, 0.2) is 0 Å². The Morgan fingerprint density at radius 2 is 1.60 bits per heavy atom. The van der Waals surface area contributed by atoms with Crippen molar-refractivity contribution in [2.24, 2.45) is 5.92 Å². The van der Waals surface area contributed by atoms with Crippen molar-refractivity contribution in [1.29, 1.82) is 0 Å². The van der Waals surface area contributed by atoms with Crippen LogP contribution in [0.2, 0.25) is 5.02 Å². The van der Waals surface area contributed by atoms with Gasteiger partial charge in [-0.25, -0.2) is 12.8 Å². The molecule has 0 atom stereocenters. The molecule has 43 heavy (non-hydrogen) atoms. The third-order valence-corrected chi connectivity index (χ3v) is 9.43. The highest BCUT2D eigenvalue weighted by molar-refractivity contribution is 7.89. The summed E-state index contributed by atoms with van der Waals surface area (Å²) in [5, 5.41) is 0.413. The molecule has 3 aromatic carbocycles. The molecular formula is C33H37ClFN3O4S. The first kappa shape index (κ1) is 32.4. The van der Waals surface area contributed by atoms with Crippen LogP contribution in [0.5, 0.6) is 0 Å². The van der Waals surface area contributed by atoms with E-state index in [1.165, 1.54) is 40.7 Å². The van der Waals surface area contributed by atoms with Crippen molar-refractivity contribution >= 4 is 39.5 Å². The molecule has 1 heterocycles. The van der Waals surface area contributed by atoms with Gasteiger partial charge in [-0.2, -0.15) is 4.31 Å². The quantitative estimate of drug-likeness (QED) is 0.250. The van der Waals surface area contributed by atoms with Crippen molar-refractivity contribution in [2.75, 3.05) is 26.2 Å². The molecule has 2 amide bonds. The fourth-order valence-electron chi connectivity index (χ4n) is 5.09. The van der Waals surface area contributed by atoms with Crippen LogP contribution in [0, 0.1) is 11.7 Å². The highest BCUT2D eigenvalue weighted by Gasteiger charge is 2.33. The molecule has 0 bridgehead atoms. The van der Waals surface area contributed by atoms with Gasteiger partial charge in [-0.05, 0) is 72.4 Å². The van der Waals surface area contributed by atoms with Crippen molar-refractivity contribution in [2.45, 2.75) is 44.2 Å². The maximum absolute atomic E-state index is 13.9. The van der Waals surface area contributed by atoms with Crippen molar-refractivity contribution < 1.29 is 22.4 Å². The van der Waals surface area contributed by atoms with Crippen LogP contribution in [0.1, 0.15) is 37.8 Å². The number of rotatable bonds is 11. The molecular weight excluding hydrogens is 589 g/mol. The summed E-state index contributed by atoms with van der Waals surface area (Å²) < 4.78 is 42.1. The molecule has 1 fully saturated rings. The highest BCUT2D eigenvalue weighted by atomic mass is 35.5. The molecule has 228 valence electrons. The molecule has 0 unspecified atom stereocenters. The molecule has 7 nitrogen and oxygen atoms in total. The van der Waals surface area contributed by atoms with E-state index in [2.05, 4.69) is 0 Å². The topological polar surface area (TPSA) is 78.0 Å². The Kier molecular flexibility index (Phi) is 11.1. The number of amides is 2. The van der Waals surface area contributed by atoms with Gasteiger partial charge in [-0.3, -0.25) is 9.59 Å². The second-order valence-electron chi connectivity index (χ2n) is 11.1. The van der Waals surface area contributed by atoms with Crippen LogP contribution in [0.3, 0.4) is 0 Å². The molecule has 1 aliphatic heterocycles. The first-order chi connectivity index (χ1) is 20.5. The van der Waals surface area contributed by atoms with Gasteiger partial charge in [0.1, 0.15) is 5.82 Å². The monoisotopic (exact) mass is 625 g/mol. The van der Waals surface area contributed by atoms with E-state index in [1.807, 2.05) is 44.2 Å². The minimum absolute atomic E-state index is 0.0291. The van der Waals surface area contributed by atoms with Gasteiger partial charge in [0.2, 0.25) is 21.8 Å². The molecule has 1 saturated heterocycles. The predicted octanol–water partition coefficient (Wildman–Crippen LogP) is 5.86. The number of hydrogen-bond donors (Lipinski definition) is 0. The molecule has 1 aliphatic rings. The maximum atomic E-state index is 13.9. The van der Waals surface area contributed by atoms with Gasteiger partial charge in [-0.15, -0.1) is 0 Å². The number of nitrogens with zero attached hydrogens (tertiary/aromatic N) is 3. The summed E-state index contributed by atoms with van der Waals surface area (Å²) >= 11 is 5.98. The molecule has 0 aliphatic carbocycles. The van der Waals surface area contributed by atoms with E-state index in [1.54, 1.807) is 34.1 Å². The smallest absolute Gasteiger partial charge is 0.246 e. The number of sulfonamides is 1. The third kappa shape index (κ3) is 8.98. The standard InChI is InChI=1S/C33H37ClFN3O4S/c1-25(2)22-37(43(41,42)31-15-11-28(34)12-16-31)24-33(40)38(23-27-8-13-29(35)14-9-27)30-18-20-36(21-19-30)32(39)17-10-26-6-4-3-5-7-26/h3-17,25,30H,18-24H2,1-2H3/b17-10+. The third-order valence-electron chi connectivity index (χ3n) is 7.35. The zero-order valence-electron chi connectivity index (χ0n) is 24.4. The summed E-state index contributed by atoms with van der Waals surface area (Å²) in [5.74, 6) is -0.861. The van der Waals surface area contributed by atoms with Crippen molar-refractivity contribution in [1.82, 2.24) is 14.1 Å². The zero-order chi connectivity index (χ0) is 31.0. The van der Waals surface area contributed by atoms with Gasteiger partial charge < -0.3 is 9.80 Å². The SMILES string of the molecule is CC(C)CN(CC(=O)N(Cc1ccc(F)cc1)C1CCN(C(=O)/C=C/c2ccccc2)CC1)S(=O)(=O)c1ccc(Cl)cc1. The lowest BCUT2D eigenvalue weighted by Gasteiger charge is -2.39. The Morgan fingerprint density at radius 1 is 0.977 bits per heavy atom. The summed E-state index contributed by atoms with van der Waals surface area (Å²) in [6.45, 7) is 4.70. The Balaban J connectivity index is 1.52. The first-order valence-corrected chi connectivity index (χ1v) is 16.2. The molecule has 0 N–H and O–H groups in total. The van der Waals surface area contributed by atoms with Crippen molar-refractivity contribution in [3.05, 3.63) is 107 Å². The molecule has 0 spiro atoms. The fraction of sp³-hybridized carbons (Fsp3) is 0.333. The number of carbonyl (C=O) groups is 2. The maximum Gasteiger partial charge on any atom is 0.246 e. The summed E-state index contributed by atoms with van der Waals surface area (Å²) in [6, 6.07) is 21.2. The van der Waals surface area contributed by atoms with E-state index in [-0.39, 0.29) is 54.1 Å². The molecule has 10 heteroatoms. The number of carbonyl (C=O) groups excluding carboxylic acids is 2. The van der Waals surface area contributed by atoms with E-state index in [0.717, 1.165) is 11.1 Å². The lowest BCUT2D eigenvalue weighted by Crippen LogP contribution is -2.51. The predicted molar refractivity (Wildman–Crippen MR) is 167 cm³/mol. The van der Waals surface area contributed by atoms with Crippen LogP contribution in [-0.2, 0) is 26.2 Å². The first-order valence-electron chi connectivity index (χ1n) is 14.3. The van der Waals surface area contributed by atoms with E-state index >= 15 is 0 Å². The lowest BCUT2D eigenvalue weighted by molar-refractivity contribution is -0.136. The van der Waals surface area contributed by atoms with Crippen LogP contribution < -0.4 is 0 Å². The van der Waals surface area contributed by atoms with Gasteiger partial charge in [0.05, 0.1) is 11.4 Å². The molecule has 3 aromatic rings. The van der Waals surface area contributed by atoms with Gasteiger partial charge >= 0.3 is 0 Å². The van der Waals surface area contributed by atoms with E-state index in [9.17, 15) is 22.4 Å². The molecule has 0 aromatic heterocycles. The lowest BCUT2D eigenvalue weighted by atomic mass is 10.0. The highest BCUT2D eigenvalue weighted by Crippen LogP contribution is 2.24. The minimum atomic E-state index is -3.98. The van der Waals surface area contributed by atoms with Gasteiger partial charge in [0, 0.05) is 43.3 Å². The minimum Gasteiger partial charge on any atom is -0.339 e. The average molecular weight is 626 g/mol. The Morgan fingerprint density at radius 3 is 2.21 bits per heavy atom. The second-order valence-corrected chi connectivity index (χ2v) is 13.5.